The lowest BCUT2D eigenvalue weighted by atomic mass is 10.1. The number of aryl methyl sites for hydroxylation is 1. The predicted octanol–water partition coefficient (Wildman–Crippen LogP) is 4.17. The van der Waals surface area contributed by atoms with Crippen molar-refractivity contribution in [3.05, 3.63) is 51.6 Å². The summed E-state index contributed by atoms with van der Waals surface area (Å²) in [5, 5.41) is 3.04. The molecule has 1 saturated heterocycles. The number of fused-ring (bicyclic) bond motifs is 3. The fourth-order valence-corrected chi connectivity index (χ4v) is 5.35. The average molecular weight is 450 g/mol. The molecule has 122 valence electrons. The molecule has 4 nitrogen and oxygen atoms in total. The van der Waals surface area contributed by atoms with Gasteiger partial charge in [-0.25, -0.2) is 0 Å². The Bertz CT molecular complexity index is 870. The maximum Gasteiger partial charge on any atom is 0.261 e. The molecule has 1 atom stereocenters. The summed E-state index contributed by atoms with van der Waals surface area (Å²) < 4.78 is 1.13. The van der Waals surface area contributed by atoms with Crippen molar-refractivity contribution in [1.29, 1.82) is 0 Å². The quantitative estimate of drug-likeness (QED) is 0.700. The first-order chi connectivity index (χ1) is 11.5. The number of thioether (sulfide) groups is 1. The van der Waals surface area contributed by atoms with E-state index in [0.717, 1.165) is 25.4 Å². The highest BCUT2D eigenvalue weighted by atomic mass is 127. The Hall–Kier alpha value is -1.54. The molecule has 2 aliphatic heterocycles. The largest absolute Gasteiger partial charge is 0.323 e. The van der Waals surface area contributed by atoms with Gasteiger partial charge in [0.25, 0.3) is 5.91 Å². The Morgan fingerprint density at radius 2 is 2.08 bits per heavy atom. The van der Waals surface area contributed by atoms with E-state index in [0.29, 0.717) is 12.8 Å². The second kappa shape index (κ2) is 5.77. The van der Waals surface area contributed by atoms with Crippen molar-refractivity contribution in [3.63, 3.8) is 0 Å². The number of halogens is 1. The smallest absolute Gasteiger partial charge is 0.261 e. The lowest BCUT2D eigenvalue weighted by molar-refractivity contribution is -0.121. The van der Waals surface area contributed by atoms with Gasteiger partial charge in [-0.1, -0.05) is 23.9 Å². The molecular weight excluding hydrogens is 435 g/mol. The van der Waals surface area contributed by atoms with Gasteiger partial charge in [0.15, 0.2) is 4.87 Å². The Morgan fingerprint density at radius 1 is 1.29 bits per heavy atom. The third-order valence-electron chi connectivity index (χ3n) is 4.46. The van der Waals surface area contributed by atoms with E-state index in [1.165, 1.54) is 11.8 Å². The van der Waals surface area contributed by atoms with Gasteiger partial charge in [0.2, 0.25) is 5.91 Å². The molecule has 0 saturated carbocycles. The van der Waals surface area contributed by atoms with Crippen LogP contribution in [0.25, 0.3) is 0 Å². The number of carbonyl (C=O) groups excluding carboxylic acids is 2. The fraction of sp³-hybridized carbons (Fsp3) is 0.222. The van der Waals surface area contributed by atoms with Crippen LogP contribution in [0.1, 0.15) is 18.4 Å². The number of anilines is 2. The molecular formula is C18H15IN2O2S. The van der Waals surface area contributed by atoms with Crippen LogP contribution in [0.3, 0.4) is 0 Å². The third-order valence-corrected chi connectivity index (χ3v) is 6.61. The normalized spacial score (nSPS) is 21.6. The van der Waals surface area contributed by atoms with E-state index in [9.17, 15) is 9.59 Å². The second-order valence-corrected chi connectivity index (χ2v) is 8.56. The molecule has 1 unspecified atom stereocenters. The topological polar surface area (TPSA) is 49.4 Å². The summed E-state index contributed by atoms with van der Waals surface area (Å²) in [6.07, 6.45) is 0.931. The molecule has 0 spiro atoms. The Kier molecular flexibility index (Phi) is 3.84. The van der Waals surface area contributed by atoms with E-state index in [4.69, 9.17) is 0 Å². The summed E-state index contributed by atoms with van der Waals surface area (Å²) in [7, 11) is 0. The van der Waals surface area contributed by atoms with Gasteiger partial charge >= 0.3 is 0 Å². The Labute approximate surface area is 158 Å². The van der Waals surface area contributed by atoms with E-state index < -0.39 is 4.87 Å². The second-order valence-electron chi connectivity index (χ2n) is 6.00. The first-order valence-corrected chi connectivity index (χ1v) is 9.59. The summed E-state index contributed by atoms with van der Waals surface area (Å²) in [5.74, 6) is -0.110. The van der Waals surface area contributed by atoms with Gasteiger partial charge in [0.1, 0.15) is 0 Å². The number of rotatable bonds is 2. The SMILES string of the molecule is Cc1cc(I)ccc1NC(=O)C12CCC(=O)N1c1ccccc1S2. The number of carbonyl (C=O) groups is 2. The number of hydrogen-bond acceptors (Lipinski definition) is 3. The van der Waals surface area contributed by atoms with Gasteiger partial charge in [0, 0.05) is 20.6 Å². The number of benzene rings is 2. The summed E-state index contributed by atoms with van der Waals surface area (Å²) in [4.78, 5) is 27.4. The van der Waals surface area contributed by atoms with Crippen LogP contribution < -0.4 is 10.2 Å². The molecule has 6 heteroatoms. The minimum atomic E-state index is -0.865. The van der Waals surface area contributed by atoms with E-state index >= 15 is 0 Å². The molecule has 2 aromatic carbocycles. The number of para-hydroxylation sites is 1. The zero-order valence-corrected chi connectivity index (χ0v) is 16.0. The summed E-state index contributed by atoms with van der Waals surface area (Å²) in [5.41, 5.74) is 2.66. The predicted molar refractivity (Wildman–Crippen MR) is 104 cm³/mol. The van der Waals surface area contributed by atoms with Gasteiger partial charge in [-0.15, -0.1) is 0 Å². The van der Waals surface area contributed by atoms with Crippen molar-refractivity contribution in [2.45, 2.75) is 29.5 Å². The third kappa shape index (κ3) is 2.35. The van der Waals surface area contributed by atoms with Crippen LogP contribution in [0.5, 0.6) is 0 Å². The highest BCUT2D eigenvalue weighted by Gasteiger charge is 2.57. The maximum absolute atomic E-state index is 13.1. The summed E-state index contributed by atoms with van der Waals surface area (Å²) >= 11 is 3.74. The highest BCUT2D eigenvalue weighted by Crippen LogP contribution is 2.56. The van der Waals surface area contributed by atoms with Crippen molar-refractivity contribution < 1.29 is 9.59 Å². The monoisotopic (exact) mass is 450 g/mol. The molecule has 1 fully saturated rings. The van der Waals surface area contributed by atoms with Gasteiger partial charge in [-0.2, -0.15) is 0 Å². The van der Waals surface area contributed by atoms with Crippen LogP contribution >= 0.6 is 34.4 Å². The number of hydrogen-bond donors (Lipinski definition) is 1. The molecule has 24 heavy (non-hydrogen) atoms. The molecule has 4 rings (SSSR count). The lowest BCUT2D eigenvalue weighted by Crippen LogP contribution is -2.49. The average Bonchev–Trinajstić information content (AvgIpc) is 3.06. The Balaban J connectivity index is 1.70. The van der Waals surface area contributed by atoms with E-state index in [-0.39, 0.29) is 11.8 Å². The first kappa shape index (κ1) is 16.0. The Morgan fingerprint density at radius 3 is 2.88 bits per heavy atom. The van der Waals surface area contributed by atoms with Crippen LogP contribution in [0.15, 0.2) is 47.4 Å². The molecule has 1 N–H and O–H groups in total. The van der Waals surface area contributed by atoms with E-state index in [1.54, 1.807) is 4.90 Å². The van der Waals surface area contributed by atoms with Gasteiger partial charge in [-0.05, 0) is 71.8 Å². The molecule has 0 bridgehead atoms. The van der Waals surface area contributed by atoms with Crippen molar-refractivity contribution >= 4 is 57.5 Å². The van der Waals surface area contributed by atoms with Crippen LogP contribution in [-0.2, 0) is 9.59 Å². The molecule has 0 radical (unpaired) electrons. The maximum atomic E-state index is 13.1. The van der Waals surface area contributed by atoms with E-state index in [1.807, 2.05) is 49.4 Å². The highest BCUT2D eigenvalue weighted by molar-refractivity contribution is 14.1. The lowest BCUT2D eigenvalue weighted by Gasteiger charge is -2.29. The molecule has 0 aliphatic carbocycles. The molecule has 2 amide bonds. The van der Waals surface area contributed by atoms with E-state index in [2.05, 4.69) is 27.9 Å². The van der Waals surface area contributed by atoms with Crippen LogP contribution in [0.4, 0.5) is 11.4 Å². The van der Waals surface area contributed by atoms with Crippen LogP contribution in [0, 0.1) is 10.5 Å². The molecule has 2 heterocycles. The van der Waals surface area contributed by atoms with Crippen molar-refractivity contribution in [1.82, 2.24) is 0 Å². The molecule has 2 aromatic rings. The fourth-order valence-electron chi connectivity index (χ4n) is 3.29. The minimum Gasteiger partial charge on any atom is -0.323 e. The number of nitrogens with one attached hydrogen (secondary N) is 1. The molecule has 2 aliphatic rings. The standard InChI is InChI=1S/C18H15IN2O2S/c1-11-10-12(19)6-7-13(11)20-17(23)18-9-8-16(22)21(18)14-4-2-3-5-15(14)24-18/h2-7,10H,8-9H2,1H3,(H,20,23). The zero-order valence-electron chi connectivity index (χ0n) is 13.0. The van der Waals surface area contributed by atoms with Gasteiger partial charge < -0.3 is 5.32 Å². The zero-order chi connectivity index (χ0) is 16.9. The first-order valence-electron chi connectivity index (χ1n) is 7.70. The van der Waals surface area contributed by atoms with Crippen molar-refractivity contribution in [3.8, 4) is 0 Å². The number of amides is 2. The van der Waals surface area contributed by atoms with Crippen molar-refractivity contribution in [2.75, 3.05) is 10.2 Å². The number of nitrogens with zero attached hydrogens (tertiary/aromatic N) is 1. The van der Waals surface area contributed by atoms with Crippen LogP contribution in [0.2, 0.25) is 0 Å². The molecule has 0 aromatic heterocycles. The minimum absolute atomic E-state index is 0.0157. The van der Waals surface area contributed by atoms with Crippen LogP contribution in [-0.4, -0.2) is 16.7 Å². The van der Waals surface area contributed by atoms with Gasteiger partial charge in [0.05, 0.1) is 5.69 Å². The summed E-state index contributed by atoms with van der Waals surface area (Å²) in [6.45, 7) is 1.98. The van der Waals surface area contributed by atoms with Crippen molar-refractivity contribution in [2.24, 2.45) is 0 Å². The van der Waals surface area contributed by atoms with Gasteiger partial charge in [-0.3, -0.25) is 14.5 Å². The summed E-state index contributed by atoms with van der Waals surface area (Å²) in [6, 6.07) is 13.6.